The van der Waals surface area contributed by atoms with E-state index in [4.69, 9.17) is 9.47 Å². The highest BCUT2D eigenvalue weighted by molar-refractivity contribution is 5.45. The fourth-order valence-electron chi connectivity index (χ4n) is 3.10. The van der Waals surface area contributed by atoms with E-state index >= 15 is 0 Å². The number of rotatable bonds is 2. The van der Waals surface area contributed by atoms with Crippen LogP contribution in [0.5, 0.6) is 11.8 Å². The molecule has 1 aliphatic carbocycles. The standard InChI is InChI=1S/C14H19N3O2/c1-8-5-9(2)13-10(6-8)15-14-16-11(18-3)7-12(19-4)17(13)14/h7-9H,5-6H2,1-4H3. The van der Waals surface area contributed by atoms with Crippen LogP contribution >= 0.6 is 0 Å². The summed E-state index contributed by atoms with van der Waals surface area (Å²) in [5.41, 5.74) is 2.38. The van der Waals surface area contributed by atoms with E-state index in [0.29, 0.717) is 23.5 Å². The normalized spacial score (nSPS) is 22.3. The van der Waals surface area contributed by atoms with E-state index < -0.39 is 0 Å². The molecule has 0 saturated heterocycles. The van der Waals surface area contributed by atoms with Gasteiger partial charge in [-0.3, -0.25) is 4.40 Å². The van der Waals surface area contributed by atoms with Crippen LogP contribution in [-0.2, 0) is 6.42 Å². The molecular formula is C14H19N3O2. The van der Waals surface area contributed by atoms with Crippen molar-refractivity contribution in [3.05, 3.63) is 17.5 Å². The third kappa shape index (κ3) is 1.84. The number of fused-ring (bicyclic) bond motifs is 3. The second kappa shape index (κ2) is 4.40. The molecule has 1 aliphatic rings. The maximum atomic E-state index is 5.47. The van der Waals surface area contributed by atoms with E-state index in [9.17, 15) is 0 Å². The van der Waals surface area contributed by atoms with Gasteiger partial charge in [0.2, 0.25) is 17.5 Å². The topological polar surface area (TPSA) is 48.7 Å². The number of hydrogen-bond acceptors (Lipinski definition) is 4. The molecule has 102 valence electrons. The van der Waals surface area contributed by atoms with Gasteiger partial charge in [-0.15, -0.1) is 0 Å². The lowest BCUT2D eigenvalue weighted by Crippen LogP contribution is -2.16. The van der Waals surface area contributed by atoms with Crippen molar-refractivity contribution in [2.45, 2.75) is 32.6 Å². The average molecular weight is 261 g/mol. The third-order valence-corrected chi connectivity index (χ3v) is 3.83. The number of imidazole rings is 1. The van der Waals surface area contributed by atoms with Gasteiger partial charge in [0.25, 0.3) is 0 Å². The van der Waals surface area contributed by atoms with Gasteiger partial charge in [-0.05, 0) is 24.7 Å². The summed E-state index contributed by atoms with van der Waals surface area (Å²) in [4.78, 5) is 9.08. The van der Waals surface area contributed by atoms with Crippen molar-refractivity contribution in [1.82, 2.24) is 14.4 Å². The highest BCUT2D eigenvalue weighted by Gasteiger charge is 2.28. The van der Waals surface area contributed by atoms with Gasteiger partial charge in [-0.2, -0.15) is 4.98 Å². The number of hydrogen-bond donors (Lipinski definition) is 0. The molecule has 2 heterocycles. The summed E-state index contributed by atoms with van der Waals surface area (Å²) in [5, 5.41) is 0. The van der Waals surface area contributed by atoms with Gasteiger partial charge in [-0.25, -0.2) is 4.98 Å². The third-order valence-electron chi connectivity index (χ3n) is 3.83. The molecule has 0 amide bonds. The van der Waals surface area contributed by atoms with E-state index in [1.54, 1.807) is 20.3 Å². The molecule has 5 nitrogen and oxygen atoms in total. The van der Waals surface area contributed by atoms with Crippen molar-refractivity contribution < 1.29 is 9.47 Å². The molecule has 2 unspecified atom stereocenters. The van der Waals surface area contributed by atoms with E-state index in [2.05, 4.69) is 23.8 Å². The molecule has 0 spiro atoms. The molecule has 0 saturated carbocycles. The van der Waals surface area contributed by atoms with Gasteiger partial charge in [0.15, 0.2) is 0 Å². The Balaban J connectivity index is 2.28. The van der Waals surface area contributed by atoms with E-state index in [1.165, 1.54) is 12.1 Å². The fraction of sp³-hybridized carbons (Fsp3) is 0.571. The molecule has 2 aromatic rings. The zero-order valence-corrected chi connectivity index (χ0v) is 11.8. The van der Waals surface area contributed by atoms with E-state index in [0.717, 1.165) is 18.0 Å². The van der Waals surface area contributed by atoms with Crippen LogP contribution in [0, 0.1) is 5.92 Å². The first kappa shape index (κ1) is 12.3. The quantitative estimate of drug-likeness (QED) is 0.833. The Kier molecular flexibility index (Phi) is 2.84. The van der Waals surface area contributed by atoms with Gasteiger partial charge in [-0.1, -0.05) is 13.8 Å². The van der Waals surface area contributed by atoms with Crippen LogP contribution in [0.1, 0.15) is 37.6 Å². The lowest BCUT2D eigenvalue weighted by molar-refractivity contribution is 0.364. The van der Waals surface area contributed by atoms with Crippen LogP contribution in [0.2, 0.25) is 0 Å². The summed E-state index contributed by atoms with van der Waals surface area (Å²) in [6.45, 7) is 4.51. The SMILES string of the molecule is COc1cc(OC)n2c3c(nc2n1)CC(C)CC3C. The first-order valence-electron chi connectivity index (χ1n) is 6.64. The Hall–Kier alpha value is -1.78. The molecule has 2 atom stereocenters. The van der Waals surface area contributed by atoms with Crippen molar-refractivity contribution >= 4 is 5.78 Å². The molecule has 0 radical (unpaired) electrons. The molecular weight excluding hydrogens is 242 g/mol. The minimum atomic E-state index is 0.470. The molecule has 0 aromatic carbocycles. The Bertz CT molecular complexity index is 621. The maximum absolute atomic E-state index is 5.47. The predicted octanol–water partition coefficient (Wildman–Crippen LogP) is 2.43. The largest absolute Gasteiger partial charge is 0.482 e. The maximum Gasteiger partial charge on any atom is 0.240 e. The van der Waals surface area contributed by atoms with Gasteiger partial charge < -0.3 is 9.47 Å². The first-order valence-corrected chi connectivity index (χ1v) is 6.64. The highest BCUT2D eigenvalue weighted by atomic mass is 16.5. The Morgan fingerprint density at radius 3 is 2.68 bits per heavy atom. The lowest BCUT2D eigenvalue weighted by atomic mass is 9.84. The summed E-state index contributed by atoms with van der Waals surface area (Å²) >= 11 is 0. The molecule has 3 rings (SSSR count). The summed E-state index contributed by atoms with van der Waals surface area (Å²) in [5.74, 6) is 3.07. The van der Waals surface area contributed by atoms with Crippen molar-refractivity contribution in [2.24, 2.45) is 5.92 Å². The molecule has 0 bridgehead atoms. The molecule has 0 aliphatic heterocycles. The Morgan fingerprint density at radius 2 is 2.00 bits per heavy atom. The number of nitrogens with zero attached hydrogens (tertiary/aromatic N) is 3. The number of methoxy groups -OCH3 is 2. The monoisotopic (exact) mass is 261 g/mol. The van der Waals surface area contributed by atoms with Crippen LogP contribution in [-0.4, -0.2) is 28.6 Å². The molecule has 2 aromatic heterocycles. The minimum absolute atomic E-state index is 0.470. The van der Waals surface area contributed by atoms with Crippen LogP contribution in [0.25, 0.3) is 5.78 Å². The number of aromatic nitrogens is 3. The first-order chi connectivity index (χ1) is 9.13. The lowest BCUT2D eigenvalue weighted by Gasteiger charge is -2.24. The fourth-order valence-corrected chi connectivity index (χ4v) is 3.10. The molecule has 0 fully saturated rings. The minimum Gasteiger partial charge on any atom is -0.482 e. The summed E-state index contributed by atoms with van der Waals surface area (Å²) < 4.78 is 12.7. The zero-order chi connectivity index (χ0) is 13.6. The van der Waals surface area contributed by atoms with Crippen molar-refractivity contribution in [3.8, 4) is 11.8 Å². The second-order valence-corrected chi connectivity index (χ2v) is 5.37. The predicted molar refractivity (Wildman–Crippen MR) is 72.0 cm³/mol. The summed E-state index contributed by atoms with van der Waals surface area (Å²) in [7, 11) is 3.27. The van der Waals surface area contributed by atoms with Gasteiger partial charge in [0.05, 0.1) is 31.7 Å². The van der Waals surface area contributed by atoms with Crippen LogP contribution < -0.4 is 9.47 Å². The molecule has 0 N–H and O–H groups in total. The van der Waals surface area contributed by atoms with Crippen molar-refractivity contribution in [1.29, 1.82) is 0 Å². The summed E-state index contributed by atoms with van der Waals surface area (Å²) in [6.07, 6.45) is 2.18. The molecule has 19 heavy (non-hydrogen) atoms. The van der Waals surface area contributed by atoms with Crippen LogP contribution in [0.15, 0.2) is 6.07 Å². The van der Waals surface area contributed by atoms with E-state index in [1.807, 2.05) is 4.40 Å². The van der Waals surface area contributed by atoms with Crippen molar-refractivity contribution in [2.75, 3.05) is 14.2 Å². The van der Waals surface area contributed by atoms with Gasteiger partial charge in [0.1, 0.15) is 0 Å². The van der Waals surface area contributed by atoms with Crippen LogP contribution in [0.4, 0.5) is 0 Å². The smallest absolute Gasteiger partial charge is 0.240 e. The van der Waals surface area contributed by atoms with Gasteiger partial charge in [0, 0.05) is 0 Å². The zero-order valence-electron chi connectivity index (χ0n) is 11.8. The van der Waals surface area contributed by atoms with Gasteiger partial charge >= 0.3 is 0 Å². The average Bonchev–Trinajstić information content (AvgIpc) is 2.75. The van der Waals surface area contributed by atoms with E-state index in [-0.39, 0.29) is 0 Å². The second-order valence-electron chi connectivity index (χ2n) is 5.37. The number of ether oxygens (including phenoxy) is 2. The molecule has 5 heteroatoms. The van der Waals surface area contributed by atoms with Crippen molar-refractivity contribution in [3.63, 3.8) is 0 Å². The Labute approximate surface area is 112 Å². The Morgan fingerprint density at radius 1 is 1.21 bits per heavy atom. The van der Waals surface area contributed by atoms with Crippen LogP contribution in [0.3, 0.4) is 0 Å². The highest BCUT2D eigenvalue weighted by Crippen LogP contribution is 2.36. The summed E-state index contributed by atoms with van der Waals surface area (Å²) in [6, 6.07) is 1.81.